The third kappa shape index (κ3) is 2.46. The highest BCUT2D eigenvalue weighted by Gasteiger charge is 2.41. The van der Waals surface area contributed by atoms with Crippen molar-refractivity contribution in [2.45, 2.75) is 31.7 Å². The van der Waals surface area contributed by atoms with Crippen LogP contribution in [-0.2, 0) is 0 Å². The Labute approximate surface area is 112 Å². The lowest BCUT2D eigenvalue weighted by molar-refractivity contribution is 0.100. The molecule has 0 aromatic heterocycles. The Morgan fingerprint density at radius 2 is 1.89 bits per heavy atom. The molecule has 0 bridgehead atoms. The number of nitrogens with one attached hydrogen (secondary N) is 1. The SMILES string of the molecule is NC(=O)c1ccc(NC(C2CC2)C2CC2)cc1Cl. The number of carbonyl (C=O) groups excluding carboxylic acids is 1. The van der Waals surface area contributed by atoms with E-state index in [0.29, 0.717) is 16.6 Å². The minimum absolute atomic E-state index is 0.386. The minimum Gasteiger partial charge on any atom is -0.382 e. The molecular weight excluding hydrogens is 248 g/mol. The molecule has 96 valence electrons. The second-order valence-electron chi connectivity index (χ2n) is 5.40. The standard InChI is InChI=1S/C14H17ClN2O/c15-12-7-10(5-6-11(12)14(16)18)17-13(8-1-2-8)9-3-4-9/h5-9,13,17H,1-4H2,(H2,16,18). The Balaban J connectivity index is 1.75. The van der Waals surface area contributed by atoms with Gasteiger partial charge in [0.1, 0.15) is 0 Å². The second-order valence-corrected chi connectivity index (χ2v) is 5.81. The molecule has 1 aromatic carbocycles. The van der Waals surface area contributed by atoms with E-state index in [1.54, 1.807) is 12.1 Å². The number of rotatable bonds is 5. The largest absolute Gasteiger partial charge is 0.382 e. The molecule has 0 unspecified atom stereocenters. The molecule has 2 fully saturated rings. The highest BCUT2D eigenvalue weighted by atomic mass is 35.5. The number of carbonyl (C=O) groups is 1. The monoisotopic (exact) mass is 264 g/mol. The van der Waals surface area contributed by atoms with Crippen LogP contribution in [0.3, 0.4) is 0 Å². The lowest BCUT2D eigenvalue weighted by Crippen LogP contribution is -2.24. The van der Waals surface area contributed by atoms with E-state index in [-0.39, 0.29) is 0 Å². The quantitative estimate of drug-likeness (QED) is 0.859. The number of halogens is 1. The molecule has 0 saturated heterocycles. The number of anilines is 1. The topological polar surface area (TPSA) is 55.1 Å². The van der Waals surface area contributed by atoms with Gasteiger partial charge in [0.2, 0.25) is 5.91 Å². The third-order valence-electron chi connectivity index (χ3n) is 3.83. The summed E-state index contributed by atoms with van der Waals surface area (Å²) in [5, 5.41) is 4.00. The lowest BCUT2D eigenvalue weighted by atomic mass is 10.1. The van der Waals surface area contributed by atoms with Crippen molar-refractivity contribution < 1.29 is 4.79 Å². The molecular formula is C14H17ClN2O. The molecule has 2 saturated carbocycles. The van der Waals surface area contributed by atoms with Crippen molar-refractivity contribution >= 4 is 23.2 Å². The van der Waals surface area contributed by atoms with Gasteiger partial charge in [0.05, 0.1) is 10.6 Å². The average molecular weight is 265 g/mol. The zero-order valence-corrected chi connectivity index (χ0v) is 10.9. The van der Waals surface area contributed by atoms with Gasteiger partial charge in [0.15, 0.2) is 0 Å². The van der Waals surface area contributed by atoms with E-state index in [1.807, 2.05) is 6.07 Å². The van der Waals surface area contributed by atoms with E-state index in [2.05, 4.69) is 5.32 Å². The summed E-state index contributed by atoms with van der Waals surface area (Å²) in [5.41, 5.74) is 6.62. The number of primary amides is 1. The number of hydrogen-bond donors (Lipinski definition) is 2. The first-order chi connectivity index (χ1) is 8.65. The van der Waals surface area contributed by atoms with Crippen LogP contribution >= 0.6 is 11.6 Å². The maximum absolute atomic E-state index is 11.1. The summed E-state index contributed by atoms with van der Waals surface area (Å²) in [7, 11) is 0. The van der Waals surface area contributed by atoms with Gasteiger partial charge in [-0.3, -0.25) is 4.79 Å². The van der Waals surface area contributed by atoms with Gasteiger partial charge in [-0.2, -0.15) is 0 Å². The third-order valence-corrected chi connectivity index (χ3v) is 4.14. The summed E-state index contributed by atoms with van der Waals surface area (Å²) < 4.78 is 0. The minimum atomic E-state index is -0.479. The average Bonchev–Trinajstić information content (AvgIpc) is 3.17. The number of hydrogen-bond acceptors (Lipinski definition) is 2. The van der Waals surface area contributed by atoms with Crippen molar-refractivity contribution in [3.63, 3.8) is 0 Å². The van der Waals surface area contributed by atoms with Crippen molar-refractivity contribution in [3.05, 3.63) is 28.8 Å². The first-order valence-electron chi connectivity index (χ1n) is 6.51. The molecule has 0 atom stereocenters. The molecule has 1 aromatic rings. The van der Waals surface area contributed by atoms with Gasteiger partial charge in [0, 0.05) is 11.7 Å². The summed E-state index contributed by atoms with van der Waals surface area (Å²) >= 11 is 6.06. The van der Waals surface area contributed by atoms with E-state index in [0.717, 1.165) is 17.5 Å². The van der Waals surface area contributed by atoms with Crippen LogP contribution in [0.15, 0.2) is 18.2 Å². The predicted molar refractivity (Wildman–Crippen MR) is 72.8 cm³/mol. The maximum atomic E-state index is 11.1. The molecule has 2 aliphatic carbocycles. The molecule has 0 radical (unpaired) electrons. The molecule has 3 nitrogen and oxygen atoms in total. The Bertz CT molecular complexity index is 469. The molecule has 2 aliphatic rings. The number of benzene rings is 1. The highest BCUT2D eigenvalue weighted by molar-refractivity contribution is 6.34. The van der Waals surface area contributed by atoms with Crippen molar-refractivity contribution in [2.75, 3.05) is 5.32 Å². The van der Waals surface area contributed by atoms with Gasteiger partial charge in [-0.05, 0) is 55.7 Å². The molecule has 18 heavy (non-hydrogen) atoms. The summed E-state index contributed by atoms with van der Waals surface area (Å²) in [6, 6.07) is 5.98. The van der Waals surface area contributed by atoms with E-state index in [1.165, 1.54) is 25.7 Å². The summed E-state index contributed by atoms with van der Waals surface area (Å²) in [5.74, 6) is 1.17. The van der Waals surface area contributed by atoms with Gasteiger partial charge in [-0.15, -0.1) is 0 Å². The first kappa shape index (κ1) is 11.8. The Hall–Kier alpha value is -1.22. The Kier molecular flexibility index (Phi) is 2.94. The van der Waals surface area contributed by atoms with E-state index >= 15 is 0 Å². The van der Waals surface area contributed by atoms with Crippen LogP contribution in [0.4, 0.5) is 5.69 Å². The fraction of sp³-hybridized carbons (Fsp3) is 0.500. The van der Waals surface area contributed by atoms with E-state index in [9.17, 15) is 4.79 Å². The zero-order chi connectivity index (χ0) is 12.7. The molecule has 3 N–H and O–H groups in total. The summed E-state index contributed by atoms with van der Waals surface area (Å²) in [4.78, 5) is 11.1. The van der Waals surface area contributed by atoms with Crippen molar-refractivity contribution in [2.24, 2.45) is 17.6 Å². The van der Waals surface area contributed by atoms with Crippen LogP contribution in [0.1, 0.15) is 36.0 Å². The molecule has 0 aliphatic heterocycles. The lowest BCUT2D eigenvalue weighted by Gasteiger charge is -2.19. The first-order valence-corrected chi connectivity index (χ1v) is 6.89. The summed E-state index contributed by atoms with van der Waals surface area (Å²) in [6.45, 7) is 0. The maximum Gasteiger partial charge on any atom is 0.250 e. The smallest absolute Gasteiger partial charge is 0.250 e. The van der Waals surface area contributed by atoms with E-state index < -0.39 is 5.91 Å². The van der Waals surface area contributed by atoms with Gasteiger partial charge in [-0.25, -0.2) is 0 Å². The predicted octanol–water partition coefficient (Wildman–Crippen LogP) is 3.04. The molecule has 3 rings (SSSR count). The van der Waals surface area contributed by atoms with Crippen LogP contribution in [0, 0.1) is 11.8 Å². The van der Waals surface area contributed by atoms with Crippen molar-refractivity contribution in [1.29, 1.82) is 0 Å². The zero-order valence-electron chi connectivity index (χ0n) is 10.2. The molecule has 0 spiro atoms. The second kappa shape index (κ2) is 4.47. The van der Waals surface area contributed by atoms with Crippen LogP contribution in [0.5, 0.6) is 0 Å². The van der Waals surface area contributed by atoms with Crippen LogP contribution in [0.2, 0.25) is 5.02 Å². The van der Waals surface area contributed by atoms with Crippen LogP contribution in [0.25, 0.3) is 0 Å². The number of amides is 1. The fourth-order valence-electron chi connectivity index (χ4n) is 2.53. The highest BCUT2D eigenvalue weighted by Crippen LogP contribution is 2.46. The van der Waals surface area contributed by atoms with Crippen molar-refractivity contribution in [3.8, 4) is 0 Å². The number of nitrogens with two attached hydrogens (primary N) is 1. The van der Waals surface area contributed by atoms with Gasteiger partial charge >= 0.3 is 0 Å². The summed E-state index contributed by atoms with van der Waals surface area (Å²) in [6.07, 6.45) is 5.34. The van der Waals surface area contributed by atoms with Crippen LogP contribution < -0.4 is 11.1 Å². The molecule has 1 amide bonds. The Morgan fingerprint density at radius 1 is 1.28 bits per heavy atom. The fourth-order valence-corrected chi connectivity index (χ4v) is 2.80. The van der Waals surface area contributed by atoms with E-state index in [4.69, 9.17) is 17.3 Å². The normalized spacial score (nSPS) is 19.0. The Morgan fingerprint density at radius 3 is 2.33 bits per heavy atom. The van der Waals surface area contributed by atoms with Gasteiger partial charge in [0.25, 0.3) is 0 Å². The van der Waals surface area contributed by atoms with Crippen molar-refractivity contribution in [1.82, 2.24) is 0 Å². The van der Waals surface area contributed by atoms with Crippen LogP contribution in [-0.4, -0.2) is 11.9 Å². The van der Waals surface area contributed by atoms with Gasteiger partial charge in [-0.1, -0.05) is 11.6 Å². The molecule has 4 heteroatoms. The van der Waals surface area contributed by atoms with Gasteiger partial charge < -0.3 is 11.1 Å². The molecule has 0 heterocycles.